The molecule has 0 fully saturated rings. The quantitative estimate of drug-likeness (QED) is 0.579. The molecular weight excluding hydrogens is 210 g/mol. The van der Waals surface area contributed by atoms with Gasteiger partial charge in [-0.25, -0.2) is 4.98 Å². The topological polar surface area (TPSA) is 49.9 Å². The van der Waals surface area contributed by atoms with Crippen molar-refractivity contribution in [3.63, 3.8) is 0 Å². The van der Waals surface area contributed by atoms with Crippen LogP contribution in [0.5, 0.6) is 0 Å². The minimum absolute atomic E-state index is 0.451. The van der Waals surface area contributed by atoms with Gasteiger partial charge in [0.1, 0.15) is 22.9 Å². The number of ether oxygens (including phenoxy) is 1. The highest BCUT2D eigenvalue weighted by molar-refractivity contribution is 7.71. The number of nitrogens with zero attached hydrogens (tertiary/aromatic N) is 1. The highest BCUT2D eigenvalue weighted by Crippen LogP contribution is 2.05. The third-order valence-electron chi connectivity index (χ3n) is 1.92. The maximum Gasteiger partial charge on any atom is 0.135 e. The van der Waals surface area contributed by atoms with E-state index in [-0.39, 0.29) is 0 Å². The summed E-state index contributed by atoms with van der Waals surface area (Å²) in [5, 5.41) is 3.27. The normalized spacial score (nSPS) is 10.3. The van der Waals surface area contributed by atoms with Gasteiger partial charge < -0.3 is 15.0 Å². The van der Waals surface area contributed by atoms with Gasteiger partial charge in [-0.15, -0.1) is 0 Å². The van der Waals surface area contributed by atoms with E-state index in [0.29, 0.717) is 11.2 Å². The van der Waals surface area contributed by atoms with Crippen LogP contribution in [0.15, 0.2) is 6.07 Å². The molecule has 1 heterocycles. The van der Waals surface area contributed by atoms with E-state index in [1.807, 2.05) is 6.07 Å². The molecule has 1 aromatic heterocycles. The van der Waals surface area contributed by atoms with E-state index in [0.717, 1.165) is 24.6 Å². The van der Waals surface area contributed by atoms with Gasteiger partial charge in [0, 0.05) is 19.7 Å². The molecule has 84 valence electrons. The molecule has 0 radical (unpaired) electrons. The third kappa shape index (κ3) is 4.40. The van der Waals surface area contributed by atoms with Crippen LogP contribution in [0.1, 0.15) is 25.6 Å². The van der Waals surface area contributed by atoms with Gasteiger partial charge in [0.05, 0.1) is 0 Å². The Morgan fingerprint density at radius 2 is 2.40 bits per heavy atom. The number of H-pyrrole nitrogens is 1. The molecule has 4 nitrogen and oxygen atoms in total. The molecule has 0 aliphatic rings. The number of hydrogen-bond donors (Lipinski definition) is 2. The van der Waals surface area contributed by atoms with Crippen LogP contribution in [-0.4, -0.2) is 23.6 Å². The molecular formula is C10H17N3OS. The van der Waals surface area contributed by atoms with Crippen molar-refractivity contribution in [1.29, 1.82) is 0 Å². The van der Waals surface area contributed by atoms with E-state index in [4.69, 9.17) is 17.0 Å². The molecule has 0 aliphatic heterocycles. The summed E-state index contributed by atoms with van der Waals surface area (Å²) in [5.74, 6) is 1.67. The summed E-state index contributed by atoms with van der Waals surface area (Å²) in [5.41, 5.74) is 0. The molecule has 0 bridgehead atoms. The summed E-state index contributed by atoms with van der Waals surface area (Å²) in [6.45, 7) is 3.55. The van der Waals surface area contributed by atoms with Gasteiger partial charge in [0.2, 0.25) is 0 Å². The smallest absolute Gasteiger partial charge is 0.135 e. The first-order chi connectivity index (χ1) is 7.26. The number of aromatic nitrogens is 2. The second-order valence-corrected chi connectivity index (χ2v) is 3.71. The van der Waals surface area contributed by atoms with Gasteiger partial charge in [-0.3, -0.25) is 0 Å². The Labute approximate surface area is 95.1 Å². The van der Waals surface area contributed by atoms with Gasteiger partial charge >= 0.3 is 0 Å². The monoisotopic (exact) mass is 227 g/mol. The van der Waals surface area contributed by atoms with E-state index in [1.54, 1.807) is 7.11 Å². The summed E-state index contributed by atoms with van der Waals surface area (Å²) in [4.78, 5) is 7.28. The fraction of sp³-hybridized carbons (Fsp3) is 0.600. The molecule has 0 amide bonds. The largest absolute Gasteiger partial charge is 0.377 e. The number of unbranched alkanes of at least 4 members (excludes halogenated alkanes) is 1. The first-order valence-electron chi connectivity index (χ1n) is 5.09. The average Bonchev–Trinajstić information content (AvgIpc) is 2.18. The molecule has 1 rings (SSSR count). The number of rotatable bonds is 6. The van der Waals surface area contributed by atoms with Crippen LogP contribution in [0, 0.1) is 4.64 Å². The summed E-state index contributed by atoms with van der Waals surface area (Å²) in [6.07, 6.45) is 2.31. The highest BCUT2D eigenvalue weighted by Gasteiger charge is 1.97. The minimum Gasteiger partial charge on any atom is -0.377 e. The van der Waals surface area contributed by atoms with Crippen LogP contribution in [-0.2, 0) is 11.3 Å². The van der Waals surface area contributed by atoms with Crippen LogP contribution in [0.3, 0.4) is 0 Å². The van der Waals surface area contributed by atoms with Crippen LogP contribution >= 0.6 is 12.2 Å². The Morgan fingerprint density at radius 3 is 3.07 bits per heavy atom. The summed E-state index contributed by atoms with van der Waals surface area (Å²) in [6, 6.07) is 1.82. The molecule has 5 heteroatoms. The SMILES string of the molecule is CCCCNc1cc(=S)nc(COC)[nH]1. The maximum atomic E-state index is 5.05. The minimum atomic E-state index is 0.451. The van der Waals surface area contributed by atoms with Crippen molar-refractivity contribution in [2.24, 2.45) is 0 Å². The summed E-state index contributed by atoms with van der Waals surface area (Å²) in [7, 11) is 1.63. The van der Waals surface area contributed by atoms with Crippen molar-refractivity contribution in [3.8, 4) is 0 Å². The van der Waals surface area contributed by atoms with Crippen LogP contribution < -0.4 is 5.32 Å². The van der Waals surface area contributed by atoms with Crippen molar-refractivity contribution < 1.29 is 4.74 Å². The maximum absolute atomic E-state index is 5.05. The second-order valence-electron chi connectivity index (χ2n) is 3.29. The molecule has 0 saturated heterocycles. The van der Waals surface area contributed by atoms with Crippen LogP contribution in [0.4, 0.5) is 5.82 Å². The van der Waals surface area contributed by atoms with E-state index in [1.165, 1.54) is 6.42 Å². The zero-order valence-corrected chi connectivity index (χ0v) is 9.99. The number of anilines is 1. The van der Waals surface area contributed by atoms with Gasteiger partial charge in [0.15, 0.2) is 0 Å². The van der Waals surface area contributed by atoms with Crippen molar-refractivity contribution in [2.45, 2.75) is 26.4 Å². The average molecular weight is 227 g/mol. The second kappa shape index (κ2) is 6.53. The predicted octanol–water partition coefficient (Wildman–Crippen LogP) is 2.50. The van der Waals surface area contributed by atoms with Crippen LogP contribution in [0.25, 0.3) is 0 Å². The summed E-state index contributed by atoms with van der Waals surface area (Å²) >= 11 is 5.05. The lowest BCUT2D eigenvalue weighted by Crippen LogP contribution is -2.06. The van der Waals surface area contributed by atoms with E-state index in [2.05, 4.69) is 22.2 Å². The number of aromatic amines is 1. The predicted molar refractivity (Wildman–Crippen MR) is 63.5 cm³/mol. The molecule has 0 unspecified atom stereocenters. The van der Waals surface area contributed by atoms with Gasteiger partial charge in [-0.1, -0.05) is 25.6 Å². The third-order valence-corrected chi connectivity index (χ3v) is 2.13. The van der Waals surface area contributed by atoms with E-state index in [9.17, 15) is 0 Å². The molecule has 2 N–H and O–H groups in total. The summed E-state index contributed by atoms with van der Waals surface area (Å²) < 4.78 is 5.58. The first-order valence-corrected chi connectivity index (χ1v) is 5.50. The fourth-order valence-corrected chi connectivity index (χ4v) is 1.44. The highest BCUT2D eigenvalue weighted by atomic mass is 32.1. The van der Waals surface area contributed by atoms with E-state index >= 15 is 0 Å². The van der Waals surface area contributed by atoms with Crippen molar-refractivity contribution >= 4 is 18.0 Å². The molecule has 1 aromatic rings. The Kier molecular flexibility index (Phi) is 5.28. The van der Waals surface area contributed by atoms with Crippen molar-refractivity contribution in [1.82, 2.24) is 9.97 Å². The van der Waals surface area contributed by atoms with Gasteiger partial charge in [-0.2, -0.15) is 0 Å². The Morgan fingerprint density at radius 1 is 1.60 bits per heavy atom. The Bertz CT molecular complexity index is 351. The number of nitrogens with one attached hydrogen (secondary N) is 2. The number of hydrogen-bond acceptors (Lipinski definition) is 4. The first kappa shape index (κ1) is 12.1. The van der Waals surface area contributed by atoms with Gasteiger partial charge in [0.25, 0.3) is 0 Å². The fourth-order valence-electron chi connectivity index (χ4n) is 1.21. The van der Waals surface area contributed by atoms with Crippen molar-refractivity contribution in [2.75, 3.05) is 19.0 Å². The number of methoxy groups -OCH3 is 1. The lowest BCUT2D eigenvalue weighted by Gasteiger charge is -2.07. The lowest BCUT2D eigenvalue weighted by atomic mass is 10.3. The molecule has 0 atom stereocenters. The molecule has 0 spiro atoms. The van der Waals surface area contributed by atoms with E-state index < -0.39 is 0 Å². The van der Waals surface area contributed by atoms with Crippen LogP contribution in [0.2, 0.25) is 0 Å². The van der Waals surface area contributed by atoms with Gasteiger partial charge in [-0.05, 0) is 6.42 Å². The zero-order chi connectivity index (χ0) is 11.1. The zero-order valence-electron chi connectivity index (χ0n) is 9.17. The molecule has 0 aliphatic carbocycles. The van der Waals surface area contributed by atoms with Crippen molar-refractivity contribution in [3.05, 3.63) is 16.5 Å². The Balaban J connectivity index is 2.66. The molecule has 0 aromatic carbocycles. The molecule has 0 saturated carbocycles. The standard InChI is InChI=1S/C10H17N3OS/c1-3-4-5-11-8-6-10(15)13-9(12-8)7-14-2/h6H,3-5,7H2,1-2H3,(H2,11,12,13,15). The lowest BCUT2D eigenvalue weighted by molar-refractivity contribution is 0.178. The molecule has 15 heavy (non-hydrogen) atoms. The Hall–Kier alpha value is -0.940.